The maximum atomic E-state index is 11.3. The number of nitrogens with one attached hydrogen (secondary N) is 2. The Bertz CT molecular complexity index is 773. The predicted octanol–water partition coefficient (Wildman–Crippen LogP) is 3.20. The van der Waals surface area contributed by atoms with E-state index in [1.807, 2.05) is 68.4 Å². The van der Waals surface area contributed by atoms with Gasteiger partial charge in [0.05, 0.1) is 11.9 Å². The van der Waals surface area contributed by atoms with E-state index in [0.717, 1.165) is 22.8 Å². The third-order valence-corrected chi connectivity index (χ3v) is 4.23. The first-order valence-corrected chi connectivity index (χ1v) is 8.67. The molecule has 0 spiro atoms. The van der Waals surface area contributed by atoms with Crippen molar-refractivity contribution in [2.24, 2.45) is 11.0 Å². The average molecular weight is 353 g/mol. The molecule has 6 heteroatoms. The van der Waals surface area contributed by atoms with Crippen LogP contribution in [0.15, 0.2) is 59.7 Å². The zero-order valence-electron chi connectivity index (χ0n) is 14.8. The molecule has 0 aliphatic carbocycles. The molecule has 1 heterocycles. The van der Waals surface area contributed by atoms with Gasteiger partial charge in [0.1, 0.15) is 17.5 Å². The first-order valence-electron chi connectivity index (χ1n) is 8.67. The maximum absolute atomic E-state index is 11.3. The van der Waals surface area contributed by atoms with Gasteiger partial charge in [-0.2, -0.15) is 5.10 Å². The second-order valence-electron chi connectivity index (χ2n) is 6.61. The van der Waals surface area contributed by atoms with E-state index >= 15 is 0 Å². The van der Waals surface area contributed by atoms with Crippen LogP contribution in [0.1, 0.15) is 25.8 Å². The highest BCUT2D eigenvalue weighted by molar-refractivity contribution is 6.01. The van der Waals surface area contributed by atoms with Gasteiger partial charge in [-0.1, -0.05) is 32.0 Å². The van der Waals surface area contributed by atoms with Crippen LogP contribution in [0.4, 0.5) is 0 Å². The molecule has 0 saturated heterocycles. The minimum absolute atomic E-state index is 0.00670. The fraction of sp³-hybridized carbons (Fsp3) is 0.300. The molecule has 3 N–H and O–H groups in total. The van der Waals surface area contributed by atoms with Crippen molar-refractivity contribution in [2.75, 3.05) is 0 Å². The van der Waals surface area contributed by atoms with E-state index < -0.39 is 12.0 Å². The van der Waals surface area contributed by atoms with Gasteiger partial charge in [0.2, 0.25) is 0 Å². The van der Waals surface area contributed by atoms with Gasteiger partial charge in [-0.3, -0.25) is 15.5 Å². The summed E-state index contributed by atoms with van der Waals surface area (Å²) in [5.41, 5.74) is 4.86. The summed E-state index contributed by atoms with van der Waals surface area (Å²) in [5.74, 6) is 0.690. The van der Waals surface area contributed by atoms with Crippen LogP contribution in [-0.4, -0.2) is 29.0 Å². The largest absolute Gasteiger partial charge is 0.480 e. The highest BCUT2D eigenvalue weighted by Gasteiger charge is 2.27. The van der Waals surface area contributed by atoms with Gasteiger partial charge in [-0.15, -0.1) is 0 Å². The molecule has 1 aliphatic heterocycles. The highest BCUT2D eigenvalue weighted by atomic mass is 16.5. The Kier molecular flexibility index (Phi) is 5.53. The summed E-state index contributed by atoms with van der Waals surface area (Å²) >= 11 is 0. The summed E-state index contributed by atoms with van der Waals surface area (Å²) in [6.45, 7) is 3.77. The predicted molar refractivity (Wildman–Crippen MR) is 100 cm³/mol. The molecule has 0 aromatic heterocycles. The van der Waals surface area contributed by atoms with Crippen molar-refractivity contribution in [1.29, 1.82) is 0 Å². The number of hydrogen-bond acceptors (Lipinski definition) is 5. The molecule has 6 nitrogen and oxygen atoms in total. The van der Waals surface area contributed by atoms with Gasteiger partial charge < -0.3 is 9.84 Å². The van der Waals surface area contributed by atoms with Crippen LogP contribution in [0.2, 0.25) is 0 Å². The summed E-state index contributed by atoms with van der Waals surface area (Å²) in [5, 5.41) is 16.7. The second-order valence-corrected chi connectivity index (χ2v) is 6.61. The number of para-hydroxylation sites is 1. The lowest BCUT2D eigenvalue weighted by atomic mass is 10.0. The van der Waals surface area contributed by atoms with E-state index in [9.17, 15) is 9.90 Å². The first kappa shape index (κ1) is 17.9. The van der Waals surface area contributed by atoms with E-state index in [0.29, 0.717) is 6.42 Å². The fourth-order valence-electron chi connectivity index (χ4n) is 2.82. The standard InChI is InChI=1S/C20H23N3O3/c1-13(2)19(20(24)25)21-18-12-17(22-23-18)14-8-10-16(11-9-14)26-15-6-4-3-5-7-15/h3-11,13,18-19,21,23H,12H2,1-2H3,(H,24,25)/t18-,19+/m1/s1. The Morgan fingerprint density at radius 2 is 1.81 bits per heavy atom. The maximum Gasteiger partial charge on any atom is 0.321 e. The Morgan fingerprint density at radius 3 is 2.42 bits per heavy atom. The minimum atomic E-state index is -0.849. The monoisotopic (exact) mass is 353 g/mol. The molecule has 26 heavy (non-hydrogen) atoms. The third kappa shape index (κ3) is 4.40. The first-order chi connectivity index (χ1) is 12.5. The number of ether oxygens (including phenoxy) is 1. The van der Waals surface area contributed by atoms with Gasteiger partial charge in [0.25, 0.3) is 0 Å². The second kappa shape index (κ2) is 8.01. The highest BCUT2D eigenvalue weighted by Crippen LogP contribution is 2.22. The van der Waals surface area contributed by atoms with Crippen molar-refractivity contribution >= 4 is 11.7 Å². The molecule has 0 bridgehead atoms. The Balaban J connectivity index is 1.59. The van der Waals surface area contributed by atoms with Gasteiger partial charge in [0, 0.05) is 6.42 Å². The number of hydrazone groups is 1. The molecule has 136 valence electrons. The van der Waals surface area contributed by atoms with Crippen molar-refractivity contribution in [2.45, 2.75) is 32.5 Å². The summed E-state index contributed by atoms with van der Waals surface area (Å²) in [6, 6.07) is 16.7. The van der Waals surface area contributed by atoms with Crippen LogP contribution in [0.25, 0.3) is 0 Å². The van der Waals surface area contributed by atoms with Crippen molar-refractivity contribution in [3.05, 3.63) is 60.2 Å². The summed E-state index contributed by atoms with van der Waals surface area (Å²) < 4.78 is 5.79. The summed E-state index contributed by atoms with van der Waals surface area (Å²) in [4.78, 5) is 11.3. The Hall–Kier alpha value is -2.86. The molecule has 2 aromatic carbocycles. The van der Waals surface area contributed by atoms with Crippen LogP contribution >= 0.6 is 0 Å². The summed E-state index contributed by atoms with van der Waals surface area (Å²) in [7, 11) is 0. The molecule has 2 aromatic rings. The number of benzene rings is 2. The van der Waals surface area contributed by atoms with Crippen LogP contribution in [-0.2, 0) is 4.79 Å². The molecule has 1 aliphatic rings. The Labute approximate surface area is 152 Å². The van der Waals surface area contributed by atoms with E-state index in [1.165, 1.54) is 0 Å². The average Bonchev–Trinajstić information content (AvgIpc) is 3.09. The molecule has 3 rings (SSSR count). The van der Waals surface area contributed by atoms with Gasteiger partial charge in [0.15, 0.2) is 0 Å². The third-order valence-electron chi connectivity index (χ3n) is 4.23. The molecule has 2 atom stereocenters. The van der Waals surface area contributed by atoms with Gasteiger partial charge >= 0.3 is 5.97 Å². The number of carbonyl (C=O) groups is 1. The zero-order valence-corrected chi connectivity index (χ0v) is 14.8. The number of nitrogens with zero attached hydrogens (tertiary/aromatic N) is 1. The molecule has 0 amide bonds. The normalized spacial score (nSPS) is 17.5. The van der Waals surface area contributed by atoms with E-state index in [1.54, 1.807) is 0 Å². The van der Waals surface area contributed by atoms with Crippen molar-refractivity contribution in [3.8, 4) is 11.5 Å². The van der Waals surface area contributed by atoms with Crippen LogP contribution in [0.5, 0.6) is 11.5 Å². The number of carboxylic acid groups (broad SMARTS) is 1. The fourth-order valence-corrected chi connectivity index (χ4v) is 2.82. The van der Waals surface area contributed by atoms with E-state index in [2.05, 4.69) is 15.8 Å². The zero-order chi connectivity index (χ0) is 18.5. The number of aliphatic carboxylic acids is 1. The smallest absolute Gasteiger partial charge is 0.321 e. The molecule has 0 saturated carbocycles. The number of hydrogen-bond donors (Lipinski definition) is 3. The van der Waals surface area contributed by atoms with Gasteiger partial charge in [-0.25, -0.2) is 0 Å². The molecule has 0 fully saturated rings. The summed E-state index contributed by atoms with van der Waals surface area (Å²) in [6.07, 6.45) is 0.434. The Morgan fingerprint density at radius 1 is 1.15 bits per heavy atom. The van der Waals surface area contributed by atoms with Crippen LogP contribution in [0.3, 0.4) is 0 Å². The number of carboxylic acids is 1. The van der Waals surface area contributed by atoms with Crippen molar-refractivity contribution in [1.82, 2.24) is 10.7 Å². The van der Waals surface area contributed by atoms with Gasteiger partial charge in [-0.05, 0) is 47.9 Å². The lowest BCUT2D eigenvalue weighted by Gasteiger charge is -2.22. The minimum Gasteiger partial charge on any atom is -0.480 e. The van der Waals surface area contributed by atoms with E-state index in [-0.39, 0.29) is 12.1 Å². The molecular weight excluding hydrogens is 330 g/mol. The van der Waals surface area contributed by atoms with Crippen molar-refractivity contribution < 1.29 is 14.6 Å². The van der Waals surface area contributed by atoms with E-state index in [4.69, 9.17) is 4.74 Å². The lowest BCUT2D eigenvalue weighted by molar-refractivity contribution is -0.141. The van der Waals surface area contributed by atoms with Crippen LogP contribution in [0, 0.1) is 5.92 Å². The van der Waals surface area contributed by atoms with Crippen molar-refractivity contribution in [3.63, 3.8) is 0 Å². The lowest BCUT2D eigenvalue weighted by Crippen LogP contribution is -2.50. The SMILES string of the molecule is CC(C)[C@H](N[C@H]1CC(c2ccc(Oc3ccccc3)cc2)=NN1)C(=O)O. The molecular formula is C20H23N3O3. The molecule has 0 radical (unpaired) electrons. The number of rotatable bonds is 7. The van der Waals surface area contributed by atoms with Crippen LogP contribution < -0.4 is 15.5 Å². The quantitative estimate of drug-likeness (QED) is 0.712. The topological polar surface area (TPSA) is 83.0 Å². The molecule has 0 unspecified atom stereocenters.